The molecule has 0 atom stereocenters. The van der Waals surface area contributed by atoms with Gasteiger partial charge in [0, 0.05) is 16.7 Å². The van der Waals surface area contributed by atoms with Crippen molar-refractivity contribution in [3.63, 3.8) is 0 Å². The SMILES string of the molecule is Cc1ccc(-c2nc(-c3ccc(C(=O)N=C(N)N)c(C)c3)no2)cc1. The highest BCUT2D eigenvalue weighted by Crippen LogP contribution is 2.24. The molecule has 7 nitrogen and oxygen atoms in total. The summed E-state index contributed by atoms with van der Waals surface area (Å²) >= 11 is 0. The van der Waals surface area contributed by atoms with E-state index in [0.29, 0.717) is 22.8 Å². The Morgan fingerprint density at radius 1 is 1.04 bits per heavy atom. The number of benzene rings is 2. The summed E-state index contributed by atoms with van der Waals surface area (Å²) in [4.78, 5) is 19.9. The van der Waals surface area contributed by atoms with Gasteiger partial charge in [0.2, 0.25) is 5.82 Å². The van der Waals surface area contributed by atoms with Crippen molar-refractivity contribution >= 4 is 11.9 Å². The van der Waals surface area contributed by atoms with Crippen LogP contribution in [0.5, 0.6) is 0 Å². The Labute approximate surface area is 144 Å². The van der Waals surface area contributed by atoms with Gasteiger partial charge in [-0.05, 0) is 43.7 Å². The van der Waals surface area contributed by atoms with Crippen LogP contribution in [0.3, 0.4) is 0 Å². The van der Waals surface area contributed by atoms with E-state index in [1.165, 1.54) is 0 Å². The van der Waals surface area contributed by atoms with Crippen LogP contribution in [0.1, 0.15) is 21.5 Å². The number of aryl methyl sites for hydroxylation is 2. The molecule has 1 amide bonds. The lowest BCUT2D eigenvalue weighted by atomic mass is 10.0. The average molecular weight is 335 g/mol. The fraction of sp³-hybridized carbons (Fsp3) is 0.111. The van der Waals surface area contributed by atoms with Crippen molar-refractivity contribution in [3.05, 3.63) is 59.2 Å². The monoisotopic (exact) mass is 335 g/mol. The quantitative estimate of drug-likeness (QED) is 0.560. The highest BCUT2D eigenvalue weighted by Gasteiger charge is 2.14. The molecular weight excluding hydrogens is 318 g/mol. The molecule has 0 aliphatic rings. The van der Waals surface area contributed by atoms with Crippen molar-refractivity contribution in [2.45, 2.75) is 13.8 Å². The normalized spacial score (nSPS) is 10.5. The molecule has 7 heteroatoms. The highest BCUT2D eigenvalue weighted by molar-refractivity contribution is 6.03. The van der Waals surface area contributed by atoms with Crippen LogP contribution in [0.2, 0.25) is 0 Å². The first-order chi connectivity index (χ1) is 11.9. The fourth-order valence-corrected chi connectivity index (χ4v) is 2.37. The Balaban J connectivity index is 1.90. The van der Waals surface area contributed by atoms with Crippen LogP contribution in [0, 0.1) is 13.8 Å². The molecule has 25 heavy (non-hydrogen) atoms. The summed E-state index contributed by atoms with van der Waals surface area (Å²) in [6, 6.07) is 13.0. The maximum Gasteiger partial charge on any atom is 0.280 e. The number of nitrogens with zero attached hydrogens (tertiary/aromatic N) is 3. The standard InChI is InChI=1S/C18H17N5O2/c1-10-3-5-12(6-4-10)17-21-15(23-25-17)13-7-8-14(11(2)9-13)16(24)22-18(19)20/h3-9H,1-2H3,(H4,19,20,22,24). The number of hydrogen-bond donors (Lipinski definition) is 2. The zero-order valence-electron chi connectivity index (χ0n) is 13.9. The van der Waals surface area contributed by atoms with Crippen LogP contribution in [-0.2, 0) is 0 Å². The minimum Gasteiger partial charge on any atom is -0.370 e. The maximum atomic E-state index is 11.9. The third kappa shape index (κ3) is 3.55. The van der Waals surface area contributed by atoms with Gasteiger partial charge in [-0.1, -0.05) is 28.9 Å². The number of hydrogen-bond acceptors (Lipinski definition) is 4. The van der Waals surface area contributed by atoms with E-state index in [1.807, 2.05) is 31.2 Å². The van der Waals surface area contributed by atoms with Crippen molar-refractivity contribution in [2.75, 3.05) is 0 Å². The summed E-state index contributed by atoms with van der Waals surface area (Å²) in [5.74, 6) is 0.125. The molecular formula is C18H17N5O2. The Hall–Kier alpha value is -3.48. The predicted molar refractivity (Wildman–Crippen MR) is 94.8 cm³/mol. The summed E-state index contributed by atoms with van der Waals surface area (Å²) in [6.07, 6.45) is 0. The van der Waals surface area contributed by atoms with Gasteiger partial charge in [0.1, 0.15) is 0 Å². The molecule has 0 unspecified atom stereocenters. The molecule has 0 spiro atoms. The second kappa shape index (κ2) is 6.56. The van der Waals surface area contributed by atoms with E-state index >= 15 is 0 Å². The minimum absolute atomic E-state index is 0.269. The summed E-state index contributed by atoms with van der Waals surface area (Å²) in [7, 11) is 0. The van der Waals surface area contributed by atoms with E-state index in [4.69, 9.17) is 16.0 Å². The summed E-state index contributed by atoms with van der Waals surface area (Å²) in [5.41, 5.74) is 14.4. The zero-order valence-corrected chi connectivity index (χ0v) is 13.9. The Morgan fingerprint density at radius 3 is 2.36 bits per heavy atom. The van der Waals surface area contributed by atoms with Crippen LogP contribution >= 0.6 is 0 Å². The molecule has 1 aromatic heterocycles. The number of nitrogens with two attached hydrogens (primary N) is 2. The number of carbonyl (C=O) groups is 1. The number of aliphatic imine (C=N–C) groups is 1. The number of aromatic nitrogens is 2. The average Bonchev–Trinajstić information content (AvgIpc) is 3.04. The number of rotatable bonds is 3. The molecule has 0 fully saturated rings. The third-order valence-electron chi connectivity index (χ3n) is 3.67. The Kier molecular flexibility index (Phi) is 4.30. The third-order valence-corrected chi connectivity index (χ3v) is 3.67. The lowest BCUT2D eigenvalue weighted by Crippen LogP contribution is -2.24. The first-order valence-electron chi connectivity index (χ1n) is 7.60. The molecule has 1 heterocycles. The molecule has 2 aromatic carbocycles. The molecule has 0 bridgehead atoms. The lowest BCUT2D eigenvalue weighted by molar-refractivity contribution is 0.100. The van der Waals surface area contributed by atoms with E-state index < -0.39 is 5.91 Å². The van der Waals surface area contributed by atoms with Gasteiger partial charge in [-0.3, -0.25) is 4.79 Å². The fourth-order valence-electron chi connectivity index (χ4n) is 2.37. The summed E-state index contributed by atoms with van der Waals surface area (Å²) < 4.78 is 5.33. The van der Waals surface area contributed by atoms with Crippen molar-refractivity contribution in [1.82, 2.24) is 10.1 Å². The van der Waals surface area contributed by atoms with Gasteiger partial charge in [0.15, 0.2) is 5.96 Å². The van der Waals surface area contributed by atoms with Crippen LogP contribution in [0.15, 0.2) is 52.0 Å². The van der Waals surface area contributed by atoms with Gasteiger partial charge in [0.05, 0.1) is 0 Å². The van der Waals surface area contributed by atoms with Crippen LogP contribution in [-0.4, -0.2) is 22.0 Å². The van der Waals surface area contributed by atoms with Crippen LogP contribution in [0.4, 0.5) is 0 Å². The lowest BCUT2D eigenvalue weighted by Gasteiger charge is -2.03. The van der Waals surface area contributed by atoms with Crippen LogP contribution in [0.25, 0.3) is 22.8 Å². The molecule has 0 radical (unpaired) electrons. The van der Waals surface area contributed by atoms with Crippen molar-refractivity contribution in [3.8, 4) is 22.8 Å². The van der Waals surface area contributed by atoms with E-state index in [0.717, 1.165) is 16.7 Å². The van der Waals surface area contributed by atoms with Crippen molar-refractivity contribution < 1.29 is 9.32 Å². The maximum absolute atomic E-state index is 11.9. The summed E-state index contributed by atoms with van der Waals surface area (Å²) in [6.45, 7) is 3.80. The largest absolute Gasteiger partial charge is 0.370 e. The number of guanidine groups is 1. The van der Waals surface area contributed by atoms with E-state index in [9.17, 15) is 4.79 Å². The van der Waals surface area contributed by atoms with E-state index in [2.05, 4.69) is 15.1 Å². The van der Waals surface area contributed by atoms with E-state index in [-0.39, 0.29) is 5.96 Å². The van der Waals surface area contributed by atoms with Gasteiger partial charge >= 0.3 is 0 Å². The topological polar surface area (TPSA) is 120 Å². The molecule has 0 aliphatic carbocycles. The second-order valence-electron chi connectivity index (χ2n) is 5.66. The van der Waals surface area contributed by atoms with Gasteiger partial charge in [-0.15, -0.1) is 0 Å². The second-order valence-corrected chi connectivity index (χ2v) is 5.66. The van der Waals surface area contributed by atoms with Crippen molar-refractivity contribution in [1.29, 1.82) is 0 Å². The van der Waals surface area contributed by atoms with Gasteiger partial charge in [-0.25, -0.2) is 0 Å². The number of amides is 1. The molecule has 3 aromatic rings. The first kappa shape index (κ1) is 16.4. The zero-order chi connectivity index (χ0) is 18.0. The molecule has 0 aliphatic heterocycles. The molecule has 4 N–H and O–H groups in total. The molecule has 0 saturated carbocycles. The Morgan fingerprint density at radius 2 is 1.72 bits per heavy atom. The number of carbonyl (C=O) groups excluding carboxylic acids is 1. The smallest absolute Gasteiger partial charge is 0.280 e. The predicted octanol–water partition coefficient (Wildman–Crippen LogP) is 2.43. The molecule has 3 rings (SSSR count). The van der Waals surface area contributed by atoms with Gasteiger partial charge in [0.25, 0.3) is 11.8 Å². The Bertz CT molecular complexity index is 954. The minimum atomic E-state index is -0.488. The highest BCUT2D eigenvalue weighted by atomic mass is 16.5. The van der Waals surface area contributed by atoms with Gasteiger partial charge < -0.3 is 16.0 Å². The van der Waals surface area contributed by atoms with Crippen LogP contribution < -0.4 is 11.5 Å². The first-order valence-corrected chi connectivity index (χ1v) is 7.60. The molecule has 0 saturated heterocycles. The van der Waals surface area contributed by atoms with Gasteiger partial charge in [-0.2, -0.15) is 9.98 Å². The van der Waals surface area contributed by atoms with Crippen molar-refractivity contribution in [2.24, 2.45) is 16.5 Å². The summed E-state index contributed by atoms with van der Waals surface area (Å²) in [5, 5.41) is 4.01. The molecule has 126 valence electrons. The van der Waals surface area contributed by atoms with E-state index in [1.54, 1.807) is 25.1 Å².